The number of nitrogens with zero attached hydrogens (tertiary/aromatic N) is 2. The number of aryl methyl sites for hydroxylation is 2. The van der Waals surface area contributed by atoms with E-state index in [1.807, 2.05) is 17.4 Å². The predicted molar refractivity (Wildman–Crippen MR) is 102 cm³/mol. The van der Waals surface area contributed by atoms with Gasteiger partial charge in [-0.15, -0.1) is 11.3 Å². The Bertz CT molecular complexity index is 672. The number of hydrogen-bond donors (Lipinski definition) is 0. The normalized spacial score (nSPS) is 16.1. The van der Waals surface area contributed by atoms with Crippen LogP contribution >= 0.6 is 22.9 Å². The Hall–Kier alpha value is -1.03. The third-order valence-corrected chi connectivity index (χ3v) is 6.06. The molecule has 0 spiro atoms. The van der Waals surface area contributed by atoms with Crippen molar-refractivity contribution in [2.45, 2.75) is 33.7 Å². The zero-order chi connectivity index (χ0) is 16.4. The molecular weight excluding hydrogens is 324 g/mol. The van der Waals surface area contributed by atoms with E-state index in [2.05, 4.69) is 48.1 Å². The van der Waals surface area contributed by atoms with Crippen molar-refractivity contribution in [2.24, 2.45) is 0 Å². The molecule has 0 radical (unpaired) electrons. The van der Waals surface area contributed by atoms with E-state index in [1.54, 1.807) is 5.56 Å². The fraction of sp³-hybridized carbons (Fsp3) is 0.474. The van der Waals surface area contributed by atoms with E-state index in [-0.39, 0.29) is 0 Å². The second-order valence-corrected chi connectivity index (χ2v) is 7.86. The topological polar surface area (TPSA) is 6.48 Å². The summed E-state index contributed by atoms with van der Waals surface area (Å²) in [6.07, 6.45) is 1.15. The Morgan fingerprint density at radius 2 is 1.87 bits per heavy atom. The molecule has 2 aromatic rings. The summed E-state index contributed by atoms with van der Waals surface area (Å²) in [5.41, 5.74) is 5.69. The van der Waals surface area contributed by atoms with Gasteiger partial charge in [0.25, 0.3) is 0 Å². The van der Waals surface area contributed by atoms with Gasteiger partial charge >= 0.3 is 0 Å². The highest BCUT2D eigenvalue weighted by Crippen LogP contribution is 2.27. The molecule has 124 valence electrons. The lowest BCUT2D eigenvalue weighted by molar-refractivity contribution is 0.249. The first-order chi connectivity index (χ1) is 11.1. The molecule has 2 heterocycles. The van der Waals surface area contributed by atoms with E-state index in [1.165, 1.54) is 21.7 Å². The van der Waals surface area contributed by atoms with Gasteiger partial charge in [0, 0.05) is 48.3 Å². The Morgan fingerprint density at radius 3 is 2.57 bits per heavy atom. The Morgan fingerprint density at radius 1 is 1.13 bits per heavy atom. The molecule has 1 saturated heterocycles. The van der Waals surface area contributed by atoms with E-state index >= 15 is 0 Å². The van der Waals surface area contributed by atoms with Crippen LogP contribution in [-0.4, -0.2) is 31.1 Å². The lowest BCUT2D eigenvalue weighted by atomic mass is 10.1. The molecule has 1 aliphatic rings. The van der Waals surface area contributed by atoms with Crippen LogP contribution in [-0.2, 0) is 13.0 Å². The summed E-state index contributed by atoms with van der Waals surface area (Å²) in [6.45, 7) is 12.1. The van der Waals surface area contributed by atoms with Gasteiger partial charge in [-0.3, -0.25) is 4.90 Å². The maximum Gasteiger partial charge on any atom is 0.0426 e. The molecule has 0 aliphatic carbocycles. The third-order valence-electron chi connectivity index (χ3n) is 4.82. The molecule has 0 saturated carbocycles. The quantitative estimate of drug-likeness (QED) is 0.775. The fourth-order valence-electron chi connectivity index (χ4n) is 3.45. The summed E-state index contributed by atoms with van der Waals surface area (Å²) in [6, 6.07) is 6.19. The van der Waals surface area contributed by atoms with E-state index in [4.69, 9.17) is 11.6 Å². The summed E-state index contributed by atoms with van der Waals surface area (Å²) in [5.74, 6) is 0. The maximum atomic E-state index is 6.17. The smallest absolute Gasteiger partial charge is 0.0426 e. The van der Waals surface area contributed by atoms with Gasteiger partial charge in [-0.1, -0.05) is 24.6 Å². The summed E-state index contributed by atoms with van der Waals surface area (Å²) < 4.78 is 0. The van der Waals surface area contributed by atoms with Gasteiger partial charge < -0.3 is 4.90 Å². The molecule has 0 atom stereocenters. The minimum atomic E-state index is 0.828. The first-order valence-corrected chi connectivity index (χ1v) is 9.63. The molecule has 4 heteroatoms. The van der Waals surface area contributed by atoms with E-state index in [9.17, 15) is 0 Å². The number of benzene rings is 1. The van der Waals surface area contributed by atoms with Crippen LogP contribution in [0.5, 0.6) is 0 Å². The van der Waals surface area contributed by atoms with E-state index in [0.29, 0.717) is 0 Å². The number of rotatable bonds is 4. The number of anilines is 1. The molecule has 0 unspecified atom stereocenters. The van der Waals surface area contributed by atoms with Gasteiger partial charge in [0.05, 0.1) is 0 Å². The summed E-state index contributed by atoms with van der Waals surface area (Å²) >= 11 is 8.07. The zero-order valence-electron chi connectivity index (χ0n) is 14.2. The standard InChI is InChI=1S/C19H25ClN2S/c1-4-18-15(3)23-13-16(18)12-21-7-9-22(10-8-21)19-11-17(20)6-5-14(19)2/h5-6,11,13H,4,7-10,12H2,1-3H3. The van der Waals surface area contributed by atoms with Crippen LogP contribution in [0.15, 0.2) is 23.6 Å². The summed E-state index contributed by atoms with van der Waals surface area (Å²) in [4.78, 5) is 6.53. The largest absolute Gasteiger partial charge is 0.369 e. The minimum Gasteiger partial charge on any atom is -0.369 e. The van der Waals surface area contributed by atoms with Gasteiger partial charge in [0.1, 0.15) is 0 Å². The fourth-order valence-corrected chi connectivity index (χ4v) is 4.57. The average molecular weight is 349 g/mol. The molecule has 0 N–H and O–H groups in total. The van der Waals surface area contributed by atoms with Crippen LogP contribution in [0.2, 0.25) is 5.02 Å². The van der Waals surface area contributed by atoms with Crippen molar-refractivity contribution < 1.29 is 0 Å². The van der Waals surface area contributed by atoms with Crippen LogP contribution in [0, 0.1) is 13.8 Å². The molecule has 1 aliphatic heterocycles. The van der Waals surface area contributed by atoms with Crippen molar-refractivity contribution in [3.8, 4) is 0 Å². The van der Waals surface area contributed by atoms with Crippen molar-refractivity contribution in [3.05, 3.63) is 50.2 Å². The zero-order valence-corrected chi connectivity index (χ0v) is 15.8. The van der Waals surface area contributed by atoms with Gasteiger partial charge in [0.15, 0.2) is 0 Å². The number of thiophene rings is 1. The molecule has 1 aromatic carbocycles. The highest BCUT2D eigenvalue weighted by Gasteiger charge is 2.20. The van der Waals surface area contributed by atoms with Crippen molar-refractivity contribution in [1.29, 1.82) is 0 Å². The molecule has 1 fully saturated rings. The van der Waals surface area contributed by atoms with Gasteiger partial charge in [-0.2, -0.15) is 0 Å². The minimum absolute atomic E-state index is 0.828. The van der Waals surface area contributed by atoms with Crippen molar-refractivity contribution in [2.75, 3.05) is 31.1 Å². The van der Waals surface area contributed by atoms with E-state index < -0.39 is 0 Å². The maximum absolute atomic E-state index is 6.17. The average Bonchev–Trinajstić information content (AvgIpc) is 2.90. The third kappa shape index (κ3) is 3.73. The number of halogens is 1. The first-order valence-electron chi connectivity index (χ1n) is 8.37. The predicted octanol–water partition coefficient (Wildman–Crippen LogP) is 4.90. The molecule has 0 amide bonds. The SMILES string of the molecule is CCc1c(CN2CCN(c3cc(Cl)ccc3C)CC2)csc1C. The molecule has 23 heavy (non-hydrogen) atoms. The van der Waals surface area contributed by atoms with Crippen LogP contribution in [0.3, 0.4) is 0 Å². The highest BCUT2D eigenvalue weighted by atomic mass is 35.5. The lowest BCUT2D eigenvalue weighted by Gasteiger charge is -2.37. The van der Waals surface area contributed by atoms with Gasteiger partial charge in [0.2, 0.25) is 0 Å². The van der Waals surface area contributed by atoms with Crippen LogP contribution < -0.4 is 4.90 Å². The molecular formula is C19H25ClN2S. The number of hydrogen-bond acceptors (Lipinski definition) is 3. The first kappa shape index (κ1) is 16.8. The molecule has 3 rings (SSSR count). The second kappa shape index (κ2) is 7.25. The van der Waals surface area contributed by atoms with Crippen LogP contribution in [0.4, 0.5) is 5.69 Å². The summed E-state index contributed by atoms with van der Waals surface area (Å²) in [5, 5.41) is 3.18. The van der Waals surface area contributed by atoms with Crippen molar-refractivity contribution in [3.63, 3.8) is 0 Å². The lowest BCUT2D eigenvalue weighted by Crippen LogP contribution is -2.46. The summed E-state index contributed by atoms with van der Waals surface area (Å²) in [7, 11) is 0. The van der Waals surface area contributed by atoms with Crippen LogP contribution in [0.25, 0.3) is 0 Å². The highest BCUT2D eigenvalue weighted by molar-refractivity contribution is 7.10. The van der Waals surface area contributed by atoms with Gasteiger partial charge in [-0.25, -0.2) is 0 Å². The molecule has 0 bridgehead atoms. The molecule has 2 nitrogen and oxygen atoms in total. The monoisotopic (exact) mass is 348 g/mol. The Labute approximate surface area is 148 Å². The van der Waals surface area contributed by atoms with E-state index in [0.717, 1.165) is 44.2 Å². The van der Waals surface area contributed by atoms with Crippen molar-refractivity contribution in [1.82, 2.24) is 4.90 Å². The Balaban J connectivity index is 1.63. The van der Waals surface area contributed by atoms with Crippen molar-refractivity contribution >= 4 is 28.6 Å². The van der Waals surface area contributed by atoms with Gasteiger partial charge in [-0.05, 0) is 54.5 Å². The Kier molecular flexibility index (Phi) is 5.30. The van der Waals surface area contributed by atoms with Crippen LogP contribution in [0.1, 0.15) is 28.5 Å². The molecule has 1 aromatic heterocycles. The second-order valence-electron chi connectivity index (χ2n) is 6.34. The number of piperazine rings is 1.